The number of halogens is 4. The zero-order valence-corrected chi connectivity index (χ0v) is 11.4. The van der Waals surface area contributed by atoms with Crippen molar-refractivity contribution in [1.29, 1.82) is 0 Å². The van der Waals surface area contributed by atoms with E-state index in [4.69, 9.17) is 0 Å². The SMILES string of the molecule is CCCNC(c1ccc2c(c1)CCC2)C(F)(F)C(F)F. The van der Waals surface area contributed by atoms with Gasteiger partial charge in [-0.25, -0.2) is 8.78 Å². The summed E-state index contributed by atoms with van der Waals surface area (Å²) in [6.07, 6.45) is -0.291. The Hall–Kier alpha value is -1.10. The molecular formula is C15H19F4N. The molecule has 0 bridgehead atoms. The third-order valence-electron chi connectivity index (χ3n) is 3.73. The van der Waals surface area contributed by atoms with Gasteiger partial charge in [0, 0.05) is 0 Å². The predicted octanol–water partition coefficient (Wildman–Crippen LogP) is 4.12. The van der Waals surface area contributed by atoms with Crippen LogP contribution in [0.5, 0.6) is 0 Å². The highest BCUT2D eigenvalue weighted by Crippen LogP contribution is 2.38. The molecule has 1 aliphatic carbocycles. The molecule has 1 aromatic carbocycles. The van der Waals surface area contributed by atoms with Gasteiger partial charge in [-0.3, -0.25) is 0 Å². The van der Waals surface area contributed by atoms with Crippen molar-refractivity contribution in [3.05, 3.63) is 34.9 Å². The van der Waals surface area contributed by atoms with Crippen molar-refractivity contribution in [2.24, 2.45) is 0 Å². The summed E-state index contributed by atoms with van der Waals surface area (Å²) in [6, 6.07) is 3.37. The Morgan fingerprint density at radius 2 is 1.90 bits per heavy atom. The van der Waals surface area contributed by atoms with Gasteiger partial charge in [0.2, 0.25) is 0 Å². The van der Waals surface area contributed by atoms with Crippen LogP contribution in [0.4, 0.5) is 17.6 Å². The van der Waals surface area contributed by atoms with Crippen LogP contribution < -0.4 is 5.32 Å². The molecule has 1 N–H and O–H groups in total. The lowest BCUT2D eigenvalue weighted by molar-refractivity contribution is -0.151. The molecule has 0 heterocycles. The van der Waals surface area contributed by atoms with E-state index in [-0.39, 0.29) is 12.1 Å². The number of nitrogens with one attached hydrogen (secondary N) is 1. The van der Waals surface area contributed by atoms with Crippen LogP contribution in [0, 0.1) is 0 Å². The lowest BCUT2D eigenvalue weighted by Crippen LogP contribution is -2.42. The van der Waals surface area contributed by atoms with E-state index in [1.54, 1.807) is 18.2 Å². The summed E-state index contributed by atoms with van der Waals surface area (Å²) >= 11 is 0. The highest BCUT2D eigenvalue weighted by Gasteiger charge is 2.49. The van der Waals surface area contributed by atoms with E-state index in [9.17, 15) is 17.6 Å². The third kappa shape index (κ3) is 2.97. The van der Waals surface area contributed by atoms with E-state index < -0.39 is 18.4 Å². The molecule has 1 atom stereocenters. The van der Waals surface area contributed by atoms with Gasteiger partial charge in [-0.2, -0.15) is 8.78 Å². The zero-order chi connectivity index (χ0) is 14.8. The molecule has 20 heavy (non-hydrogen) atoms. The molecule has 1 aromatic rings. The van der Waals surface area contributed by atoms with E-state index in [2.05, 4.69) is 5.32 Å². The molecule has 1 nitrogen and oxygen atoms in total. The van der Waals surface area contributed by atoms with Crippen LogP contribution in [0.1, 0.15) is 42.5 Å². The molecule has 2 rings (SSSR count). The minimum atomic E-state index is -4.07. The van der Waals surface area contributed by atoms with Crippen LogP contribution in [-0.4, -0.2) is 18.9 Å². The summed E-state index contributed by atoms with van der Waals surface area (Å²) in [7, 11) is 0. The van der Waals surface area contributed by atoms with E-state index in [1.165, 1.54) is 0 Å². The Kier molecular flexibility index (Phi) is 4.68. The fourth-order valence-electron chi connectivity index (χ4n) is 2.66. The first kappa shape index (κ1) is 15.3. The molecule has 0 amide bonds. The zero-order valence-electron chi connectivity index (χ0n) is 11.4. The van der Waals surface area contributed by atoms with Crippen molar-refractivity contribution in [2.75, 3.05) is 6.54 Å². The second kappa shape index (κ2) is 6.12. The molecule has 1 aliphatic rings. The molecule has 0 aliphatic heterocycles. The maximum atomic E-state index is 13.8. The van der Waals surface area contributed by atoms with Crippen molar-refractivity contribution in [3.63, 3.8) is 0 Å². The van der Waals surface area contributed by atoms with Gasteiger partial charge in [0.15, 0.2) is 0 Å². The molecule has 112 valence electrons. The van der Waals surface area contributed by atoms with Gasteiger partial charge in [-0.05, 0) is 48.9 Å². The largest absolute Gasteiger partial charge is 0.326 e. The number of hydrogen-bond donors (Lipinski definition) is 1. The quantitative estimate of drug-likeness (QED) is 0.777. The van der Waals surface area contributed by atoms with Gasteiger partial charge in [-0.15, -0.1) is 0 Å². The molecule has 0 saturated heterocycles. The average Bonchev–Trinajstić information content (AvgIpc) is 2.86. The second-order valence-corrected chi connectivity index (χ2v) is 5.24. The Labute approximate surface area is 116 Å². The van der Waals surface area contributed by atoms with Crippen molar-refractivity contribution in [1.82, 2.24) is 5.32 Å². The number of hydrogen-bond acceptors (Lipinski definition) is 1. The maximum absolute atomic E-state index is 13.8. The standard InChI is InChI=1S/C15H19F4N/c1-2-8-20-13(15(18,19)14(16)17)12-7-6-10-4-3-5-11(10)9-12/h6-7,9,13-14,20H,2-5,8H2,1H3. The molecule has 0 spiro atoms. The van der Waals surface area contributed by atoms with E-state index in [0.29, 0.717) is 6.42 Å². The first-order valence-corrected chi connectivity index (χ1v) is 6.97. The maximum Gasteiger partial charge on any atom is 0.326 e. The van der Waals surface area contributed by atoms with Crippen LogP contribution >= 0.6 is 0 Å². The van der Waals surface area contributed by atoms with Crippen LogP contribution in [0.2, 0.25) is 0 Å². The van der Waals surface area contributed by atoms with Gasteiger partial charge in [-0.1, -0.05) is 25.1 Å². The van der Waals surface area contributed by atoms with Gasteiger partial charge in [0.1, 0.15) is 6.04 Å². The summed E-state index contributed by atoms with van der Waals surface area (Å²) in [4.78, 5) is 0. The predicted molar refractivity (Wildman–Crippen MR) is 70.5 cm³/mol. The molecule has 1 unspecified atom stereocenters. The fraction of sp³-hybridized carbons (Fsp3) is 0.600. The number of aryl methyl sites for hydroxylation is 2. The van der Waals surface area contributed by atoms with Crippen LogP contribution in [0.3, 0.4) is 0 Å². The normalized spacial score (nSPS) is 16.5. The summed E-state index contributed by atoms with van der Waals surface area (Å²) in [5.74, 6) is -4.07. The Morgan fingerprint density at radius 1 is 1.20 bits per heavy atom. The smallest absolute Gasteiger partial charge is 0.305 e. The number of alkyl halides is 4. The van der Waals surface area contributed by atoms with Crippen molar-refractivity contribution < 1.29 is 17.6 Å². The number of rotatable bonds is 6. The second-order valence-electron chi connectivity index (χ2n) is 5.24. The Morgan fingerprint density at radius 3 is 2.55 bits per heavy atom. The van der Waals surface area contributed by atoms with Crippen molar-refractivity contribution in [3.8, 4) is 0 Å². The van der Waals surface area contributed by atoms with Gasteiger partial charge in [0.05, 0.1) is 0 Å². The van der Waals surface area contributed by atoms with Gasteiger partial charge >= 0.3 is 12.3 Å². The first-order valence-electron chi connectivity index (χ1n) is 6.97. The average molecular weight is 289 g/mol. The molecule has 0 aromatic heterocycles. The van der Waals surface area contributed by atoms with Crippen molar-refractivity contribution >= 4 is 0 Å². The monoisotopic (exact) mass is 289 g/mol. The lowest BCUT2D eigenvalue weighted by atomic mass is 9.96. The highest BCUT2D eigenvalue weighted by molar-refractivity contribution is 5.37. The van der Waals surface area contributed by atoms with Gasteiger partial charge in [0.25, 0.3) is 0 Å². The van der Waals surface area contributed by atoms with Crippen LogP contribution in [-0.2, 0) is 12.8 Å². The van der Waals surface area contributed by atoms with Crippen LogP contribution in [0.25, 0.3) is 0 Å². The molecule has 0 radical (unpaired) electrons. The number of benzene rings is 1. The van der Waals surface area contributed by atoms with E-state index in [0.717, 1.165) is 30.4 Å². The van der Waals surface area contributed by atoms with Crippen molar-refractivity contribution in [2.45, 2.75) is 51.0 Å². The molecular weight excluding hydrogens is 270 g/mol. The lowest BCUT2D eigenvalue weighted by Gasteiger charge is -2.28. The highest BCUT2D eigenvalue weighted by atomic mass is 19.3. The molecule has 0 saturated carbocycles. The molecule has 5 heteroatoms. The number of fused-ring (bicyclic) bond motifs is 1. The van der Waals surface area contributed by atoms with Gasteiger partial charge < -0.3 is 5.32 Å². The molecule has 0 fully saturated rings. The summed E-state index contributed by atoms with van der Waals surface area (Å²) in [5.41, 5.74) is 2.41. The third-order valence-corrected chi connectivity index (χ3v) is 3.73. The summed E-state index contributed by atoms with van der Waals surface area (Å²) < 4.78 is 52.8. The minimum absolute atomic E-state index is 0.254. The summed E-state index contributed by atoms with van der Waals surface area (Å²) in [6.45, 7) is 2.09. The summed E-state index contributed by atoms with van der Waals surface area (Å²) in [5, 5.41) is 2.57. The fourth-order valence-corrected chi connectivity index (χ4v) is 2.66. The van der Waals surface area contributed by atoms with E-state index in [1.807, 2.05) is 6.92 Å². The van der Waals surface area contributed by atoms with Crippen LogP contribution in [0.15, 0.2) is 18.2 Å². The topological polar surface area (TPSA) is 12.0 Å². The Bertz CT molecular complexity index is 459. The Balaban J connectivity index is 2.31. The first-order chi connectivity index (χ1) is 9.46. The minimum Gasteiger partial charge on any atom is -0.305 e. The van der Waals surface area contributed by atoms with E-state index >= 15 is 0 Å².